The van der Waals surface area contributed by atoms with Crippen molar-refractivity contribution in [1.82, 2.24) is 9.97 Å². The third kappa shape index (κ3) is 2.61. The topological polar surface area (TPSA) is 51.8 Å². The van der Waals surface area contributed by atoms with Gasteiger partial charge < -0.3 is 5.73 Å². The van der Waals surface area contributed by atoms with Crippen LogP contribution in [0.15, 0.2) is 35.1 Å². The predicted octanol–water partition coefficient (Wildman–Crippen LogP) is 3.51. The van der Waals surface area contributed by atoms with Crippen molar-refractivity contribution < 1.29 is 13.2 Å². The normalized spacial score (nSPS) is 11.6. The average molecular weight is 318 g/mol. The number of hydrogen-bond acceptors (Lipinski definition) is 3. The summed E-state index contributed by atoms with van der Waals surface area (Å²) in [6.07, 6.45) is -1.93. The molecular formula is C11H7BrF3N3. The molecule has 0 bridgehead atoms. The molecule has 0 fully saturated rings. The molecule has 3 nitrogen and oxygen atoms in total. The molecule has 0 saturated heterocycles. The van der Waals surface area contributed by atoms with Crippen molar-refractivity contribution in [3.05, 3.63) is 40.6 Å². The summed E-state index contributed by atoms with van der Waals surface area (Å²) < 4.78 is 39.0. The molecule has 0 aliphatic carbocycles. The Kier molecular flexibility index (Phi) is 3.25. The molecule has 0 saturated carbocycles. The van der Waals surface area contributed by atoms with Crippen LogP contribution in [0.25, 0.3) is 11.4 Å². The van der Waals surface area contributed by atoms with Gasteiger partial charge in [-0.1, -0.05) is 15.9 Å². The van der Waals surface area contributed by atoms with Crippen LogP contribution in [0, 0.1) is 0 Å². The number of alkyl halides is 3. The molecule has 2 aromatic rings. The predicted molar refractivity (Wildman–Crippen MR) is 64.6 cm³/mol. The van der Waals surface area contributed by atoms with Gasteiger partial charge in [-0.2, -0.15) is 13.2 Å². The van der Waals surface area contributed by atoms with E-state index < -0.39 is 11.7 Å². The SMILES string of the molecule is Nc1cnc(-c2ccc(Br)cc2C(F)(F)F)nc1. The Morgan fingerprint density at radius 3 is 2.28 bits per heavy atom. The van der Waals surface area contributed by atoms with Crippen LogP contribution >= 0.6 is 15.9 Å². The van der Waals surface area contributed by atoms with Crippen molar-refractivity contribution in [2.45, 2.75) is 6.18 Å². The average Bonchev–Trinajstić information content (AvgIpc) is 2.29. The highest BCUT2D eigenvalue weighted by molar-refractivity contribution is 9.10. The maximum Gasteiger partial charge on any atom is 0.417 e. The number of hydrogen-bond donors (Lipinski definition) is 1. The zero-order valence-electron chi connectivity index (χ0n) is 8.87. The Morgan fingerprint density at radius 1 is 1.11 bits per heavy atom. The third-order valence-electron chi connectivity index (χ3n) is 2.20. The van der Waals surface area contributed by atoms with Gasteiger partial charge in [-0.25, -0.2) is 9.97 Å². The van der Waals surface area contributed by atoms with Crippen molar-refractivity contribution >= 4 is 21.6 Å². The van der Waals surface area contributed by atoms with Crippen molar-refractivity contribution in [1.29, 1.82) is 0 Å². The van der Waals surface area contributed by atoms with Crippen molar-refractivity contribution in [2.24, 2.45) is 0 Å². The highest BCUT2D eigenvalue weighted by Gasteiger charge is 2.34. The number of aromatic nitrogens is 2. The summed E-state index contributed by atoms with van der Waals surface area (Å²) in [5.41, 5.74) is 4.83. The van der Waals surface area contributed by atoms with Crippen LogP contribution in [0.5, 0.6) is 0 Å². The van der Waals surface area contributed by atoms with Gasteiger partial charge in [0.25, 0.3) is 0 Å². The second kappa shape index (κ2) is 4.56. The molecule has 0 unspecified atom stereocenters. The Labute approximate surface area is 109 Å². The van der Waals surface area contributed by atoms with Crippen LogP contribution in [-0.4, -0.2) is 9.97 Å². The zero-order chi connectivity index (χ0) is 13.3. The molecule has 0 atom stereocenters. The van der Waals surface area contributed by atoms with Crippen LogP contribution in [0.2, 0.25) is 0 Å². The molecule has 1 heterocycles. The van der Waals surface area contributed by atoms with Gasteiger partial charge in [-0.15, -0.1) is 0 Å². The summed E-state index contributed by atoms with van der Waals surface area (Å²) in [5, 5.41) is 0. The molecule has 2 rings (SSSR count). The Bertz CT molecular complexity index is 567. The van der Waals surface area contributed by atoms with Gasteiger partial charge in [0.15, 0.2) is 5.82 Å². The maximum atomic E-state index is 12.9. The number of halogens is 4. The van der Waals surface area contributed by atoms with Crippen molar-refractivity contribution in [2.75, 3.05) is 5.73 Å². The molecule has 7 heteroatoms. The van der Waals surface area contributed by atoms with E-state index >= 15 is 0 Å². The highest BCUT2D eigenvalue weighted by atomic mass is 79.9. The summed E-state index contributed by atoms with van der Waals surface area (Å²) in [6.45, 7) is 0. The monoisotopic (exact) mass is 317 g/mol. The van der Waals surface area contributed by atoms with E-state index in [1.54, 1.807) is 0 Å². The number of nitrogens with zero attached hydrogens (tertiary/aromatic N) is 2. The van der Waals surface area contributed by atoms with Crippen LogP contribution in [0.4, 0.5) is 18.9 Å². The molecule has 94 valence electrons. The van der Waals surface area contributed by atoms with Crippen LogP contribution in [0.3, 0.4) is 0 Å². The minimum atomic E-state index is -4.47. The molecule has 0 spiro atoms. The summed E-state index contributed by atoms with van der Waals surface area (Å²) in [7, 11) is 0. The second-order valence-corrected chi connectivity index (χ2v) is 4.44. The first-order valence-corrected chi connectivity index (χ1v) is 5.62. The lowest BCUT2D eigenvalue weighted by Crippen LogP contribution is -2.08. The largest absolute Gasteiger partial charge is 0.417 e. The Hall–Kier alpha value is -1.63. The highest BCUT2D eigenvalue weighted by Crippen LogP contribution is 2.37. The number of nitrogens with two attached hydrogens (primary N) is 1. The van der Waals surface area contributed by atoms with Gasteiger partial charge in [-0.3, -0.25) is 0 Å². The first-order chi connectivity index (χ1) is 8.38. The van der Waals surface area contributed by atoms with Gasteiger partial charge in [0.05, 0.1) is 23.6 Å². The lowest BCUT2D eigenvalue weighted by atomic mass is 10.1. The van der Waals surface area contributed by atoms with Crippen molar-refractivity contribution in [3.63, 3.8) is 0 Å². The molecule has 18 heavy (non-hydrogen) atoms. The molecule has 1 aromatic heterocycles. The van der Waals surface area contributed by atoms with Crippen LogP contribution in [0.1, 0.15) is 5.56 Å². The van der Waals surface area contributed by atoms with Gasteiger partial charge in [0.2, 0.25) is 0 Å². The first-order valence-electron chi connectivity index (χ1n) is 4.82. The van der Waals surface area contributed by atoms with E-state index in [1.807, 2.05) is 0 Å². The van der Waals surface area contributed by atoms with Crippen molar-refractivity contribution in [3.8, 4) is 11.4 Å². The summed E-state index contributed by atoms with van der Waals surface area (Å²) >= 11 is 3.01. The molecule has 0 aliphatic heterocycles. The molecule has 0 radical (unpaired) electrons. The van der Waals surface area contributed by atoms with Gasteiger partial charge in [0, 0.05) is 10.0 Å². The fraction of sp³-hybridized carbons (Fsp3) is 0.0909. The van der Waals surface area contributed by atoms with Gasteiger partial charge >= 0.3 is 6.18 Å². The van der Waals surface area contributed by atoms with E-state index in [-0.39, 0.29) is 11.4 Å². The summed E-state index contributed by atoms with van der Waals surface area (Å²) in [5.74, 6) is -0.0102. The van der Waals surface area contributed by atoms with Crippen LogP contribution < -0.4 is 5.73 Å². The standard InChI is InChI=1S/C11H7BrF3N3/c12-6-1-2-8(9(3-6)11(13,14)15)10-17-4-7(16)5-18-10/h1-5H,16H2. The summed E-state index contributed by atoms with van der Waals surface area (Å²) in [4.78, 5) is 7.60. The number of rotatable bonds is 1. The lowest BCUT2D eigenvalue weighted by Gasteiger charge is -2.12. The molecule has 1 aromatic carbocycles. The number of anilines is 1. The first kappa shape index (κ1) is 12.8. The quantitative estimate of drug-likeness (QED) is 0.875. The van der Waals surface area contributed by atoms with Gasteiger partial charge in [0.1, 0.15) is 0 Å². The van der Waals surface area contributed by atoms with E-state index in [2.05, 4.69) is 25.9 Å². The van der Waals surface area contributed by atoms with E-state index in [9.17, 15) is 13.2 Å². The van der Waals surface area contributed by atoms with Crippen LogP contribution in [-0.2, 0) is 6.18 Å². The fourth-order valence-electron chi connectivity index (χ4n) is 1.42. The molecule has 0 aliphatic rings. The minimum Gasteiger partial charge on any atom is -0.396 e. The smallest absolute Gasteiger partial charge is 0.396 e. The van der Waals surface area contributed by atoms with E-state index in [0.29, 0.717) is 10.2 Å². The summed E-state index contributed by atoms with van der Waals surface area (Å²) in [6, 6.07) is 3.82. The Morgan fingerprint density at radius 2 is 1.72 bits per heavy atom. The second-order valence-electron chi connectivity index (χ2n) is 3.53. The van der Waals surface area contributed by atoms with E-state index in [1.165, 1.54) is 24.5 Å². The maximum absolute atomic E-state index is 12.9. The van der Waals surface area contributed by atoms with Gasteiger partial charge in [-0.05, 0) is 18.2 Å². The third-order valence-corrected chi connectivity index (χ3v) is 2.69. The molecular weight excluding hydrogens is 311 g/mol. The zero-order valence-corrected chi connectivity index (χ0v) is 10.5. The molecule has 2 N–H and O–H groups in total. The Balaban J connectivity index is 2.60. The fourth-order valence-corrected chi connectivity index (χ4v) is 1.78. The lowest BCUT2D eigenvalue weighted by molar-refractivity contribution is -0.137. The minimum absolute atomic E-state index is 0.0102. The van der Waals surface area contributed by atoms with E-state index in [0.717, 1.165) is 6.07 Å². The van der Waals surface area contributed by atoms with E-state index in [4.69, 9.17) is 5.73 Å². The molecule has 0 amide bonds. The number of nitrogen functional groups attached to an aromatic ring is 1. The number of benzene rings is 1.